The molecule has 0 aliphatic rings. The van der Waals surface area contributed by atoms with Crippen molar-refractivity contribution in [2.45, 2.75) is 5.54 Å². The Morgan fingerprint density at radius 2 is 1.82 bits per heavy atom. The van der Waals surface area contributed by atoms with Crippen LogP contribution in [0, 0.1) is 0 Å². The molecule has 1 aromatic carbocycles. The van der Waals surface area contributed by atoms with E-state index in [2.05, 4.69) is 5.32 Å². The van der Waals surface area contributed by atoms with E-state index in [9.17, 15) is 15.3 Å². The first kappa shape index (κ1) is 13.6. The lowest BCUT2D eigenvalue weighted by Gasteiger charge is -2.30. The van der Waals surface area contributed by atoms with Crippen molar-refractivity contribution in [1.82, 2.24) is 0 Å². The zero-order valence-electron chi connectivity index (χ0n) is 9.68. The highest BCUT2D eigenvalue weighted by molar-refractivity contribution is 5.69. The third-order valence-electron chi connectivity index (χ3n) is 2.57. The Morgan fingerprint density at radius 1 is 1.24 bits per heavy atom. The zero-order valence-corrected chi connectivity index (χ0v) is 9.68. The van der Waals surface area contributed by atoms with Crippen LogP contribution in [0.5, 0.6) is 5.75 Å². The van der Waals surface area contributed by atoms with Crippen LogP contribution >= 0.6 is 0 Å². The van der Waals surface area contributed by atoms with E-state index in [-0.39, 0.29) is 0 Å². The van der Waals surface area contributed by atoms with Crippen molar-refractivity contribution in [2.75, 3.05) is 38.0 Å². The van der Waals surface area contributed by atoms with Gasteiger partial charge in [-0.2, -0.15) is 0 Å². The van der Waals surface area contributed by atoms with Gasteiger partial charge in [-0.1, -0.05) is 0 Å². The van der Waals surface area contributed by atoms with E-state index in [1.165, 1.54) is 7.11 Å². The van der Waals surface area contributed by atoms with Gasteiger partial charge in [-0.25, -0.2) is 0 Å². The van der Waals surface area contributed by atoms with Gasteiger partial charge in [-0.05, 0) is 12.1 Å². The van der Waals surface area contributed by atoms with Crippen molar-refractivity contribution in [3.8, 4) is 5.75 Å². The molecule has 0 aliphatic heterocycles. The summed E-state index contributed by atoms with van der Waals surface area (Å²) in [5.74, 6) is 0.587. The fourth-order valence-electron chi connectivity index (χ4n) is 1.32. The van der Waals surface area contributed by atoms with Crippen molar-refractivity contribution in [2.24, 2.45) is 0 Å². The average Bonchev–Trinajstić information content (AvgIpc) is 2.38. The summed E-state index contributed by atoms with van der Waals surface area (Å²) < 4.78 is 5.04. The fraction of sp³-hybridized carbons (Fsp3) is 0.455. The topological polar surface area (TPSA) is 108 Å². The molecular weight excluding hydrogens is 224 g/mol. The Bertz CT molecular complexity index is 358. The monoisotopic (exact) mass is 242 g/mol. The van der Waals surface area contributed by atoms with Crippen molar-refractivity contribution in [1.29, 1.82) is 0 Å². The molecule has 0 atom stereocenters. The molecular formula is C11H18N2O4. The van der Waals surface area contributed by atoms with E-state index in [1.807, 2.05) is 0 Å². The Balaban J connectivity index is 2.99. The number of nitrogens with one attached hydrogen (secondary N) is 1. The zero-order chi connectivity index (χ0) is 12.9. The summed E-state index contributed by atoms with van der Waals surface area (Å²) in [6.45, 7) is -1.26. The Hall–Kier alpha value is -1.50. The second kappa shape index (κ2) is 5.72. The first-order chi connectivity index (χ1) is 8.10. The summed E-state index contributed by atoms with van der Waals surface area (Å²) >= 11 is 0. The number of ether oxygens (including phenoxy) is 1. The van der Waals surface area contributed by atoms with Gasteiger partial charge in [0.15, 0.2) is 0 Å². The normalized spacial score (nSPS) is 11.3. The van der Waals surface area contributed by atoms with Crippen LogP contribution in [0.1, 0.15) is 0 Å². The molecule has 1 aromatic rings. The van der Waals surface area contributed by atoms with Gasteiger partial charge in [-0.15, -0.1) is 0 Å². The lowest BCUT2D eigenvalue weighted by Crippen LogP contribution is -2.49. The second-order valence-corrected chi connectivity index (χ2v) is 3.83. The summed E-state index contributed by atoms with van der Waals surface area (Å²) in [4.78, 5) is 0. The first-order valence-electron chi connectivity index (χ1n) is 5.15. The van der Waals surface area contributed by atoms with Crippen LogP contribution in [0.2, 0.25) is 0 Å². The van der Waals surface area contributed by atoms with Gasteiger partial charge in [0.05, 0.1) is 38.3 Å². The van der Waals surface area contributed by atoms with Crippen LogP contribution < -0.4 is 15.8 Å². The van der Waals surface area contributed by atoms with E-state index in [0.717, 1.165) is 0 Å². The van der Waals surface area contributed by atoms with E-state index < -0.39 is 25.4 Å². The van der Waals surface area contributed by atoms with Crippen molar-refractivity contribution in [3.63, 3.8) is 0 Å². The number of nitrogens with two attached hydrogens (primary N) is 1. The SMILES string of the molecule is COc1ccc(N)c(NC(CO)(CO)CO)c1. The van der Waals surface area contributed by atoms with Crippen LogP contribution in [0.15, 0.2) is 18.2 Å². The summed E-state index contributed by atoms with van der Waals surface area (Å²) in [7, 11) is 1.52. The summed E-state index contributed by atoms with van der Waals surface area (Å²) in [6, 6.07) is 4.96. The minimum Gasteiger partial charge on any atom is -0.497 e. The molecule has 0 unspecified atom stereocenters. The minimum atomic E-state index is -1.21. The number of rotatable bonds is 6. The lowest BCUT2D eigenvalue weighted by atomic mass is 10.0. The molecule has 1 rings (SSSR count). The maximum atomic E-state index is 9.20. The van der Waals surface area contributed by atoms with E-state index >= 15 is 0 Å². The molecule has 0 aliphatic carbocycles. The molecule has 6 N–H and O–H groups in total. The molecule has 0 saturated carbocycles. The minimum absolute atomic E-state index is 0.420. The van der Waals surface area contributed by atoms with Gasteiger partial charge < -0.3 is 31.1 Å². The molecule has 6 nitrogen and oxygen atoms in total. The average molecular weight is 242 g/mol. The number of anilines is 2. The lowest BCUT2D eigenvalue weighted by molar-refractivity contribution is 0.0834. The van der Waals surface area contributed by atoms with Crippen LogP contribution in [-0.4, -0.2) is 47.8 Å². The molecule has 96 valence electrons. The number of nitrogen functional groups attached to an aromatic ring is 1. The van der Waals surface area contributed by atoms with Gasteiger partial charge in [0, 0.05) is 6.07 Å². The molecule has 0 spiro atoms. The van der Waals surface area contributed by atoms with Gasteiger partial charge in [0.25, 0.3) is 0 Å². The quantitative estimate of drug-likeness (QED) is 0.427. The molecule has 0 amide bonds. The number of benzene rings is 1. The van der Waals surface area contributed by atoms with Crippen molar-refractivity contribution in [3.05, 3.63) is 18.2 Å². The van der Waals surface area contributed by atoms with E-state index in [0.29, 0.717) is 17.1 Å². The second-order valence-electron chi connectivity index (χ2n) is 3.83. The molecule has 0 fully saturated rings. The van der Waals surface area contributed by atoms with Gasteiger partial charge in [0.1, 0.15) is 11.3 Å². The van der Waals surface area contributed by atoms with Crippen LogP contribution in [0.25, 0.3) is 0 Å². The molecule has 0 saturated heterocycles. The summed E-state index contributed by atoms with van der Waals surface area (Å²) in [5.41, 5.74) is 5.47. The highest BCUT2D eigenvalue weighted by Crippen LogP contribution is 2.27. The third-order valence-corrected chi connectivity index (χ3v) is 2.57. The van der Waals surface area contributed by atoms with E-state index in [4.69, 9.17) is 10.5 Å². The largest absolute Gasteiger partial charge is 0.497 e. The Labute approximate surface area is 99.6 Å². The maximum absolute atomic E-state index is 9.20. The fourth-order valence-corrected chi connectivity index (χ4v) is 1.32. The van der Waals surface area contributed by atoms with E-state index in [1.54, 1.807) is 18.2 Å². The Morgan fingerprint density at radius 3 is 2.29 bits per heavy atom. The van der Waals surface area contributed by atoms with Crippen LogP contribution in [0.3, 0.4) is 0 Å². The molecule has 0 radical (unpaired) electrons. The highest BCUT2D eigenvalue weighted by Gasteiger charge is 2.28. The molecule has 0 bridgehead atoms. The van der Waals surface area contributed by atoms with Crippen molar-refractivity contribution < 1.29 is 20.1 Å². The summed E-state index contributed by atoms with van der Waals surface area (Å²) in [5, 5.41) is 30.4. The standard InChI is InChI=1S/C11H18N2O4/c1-17-8-2-3-9(12)10(4-8)13-11(5-14,6-15)7-16/h2-4,13-16H,5-7,12H2,1H3. The molecule has 6 heteroatoms. The van der Waals surface area contributed by atoms with Gasteiger partial charge >= 0.3 is 0 Å². The van der Waals surface area contributed by atoms with Crippen LogP contribution in [-0.2, 0) is 0 Å². The number of hydrogen-bond acceptors (Lipinski definition) is 6. The third kappa shape index (κ3) is 3.00. The Kier molecular flexibility index (Phi) is 4.56. The maximum Gasteiger partial charge on any atom is 0.121 e. The van der Waals surface area contributed by atoms with Crippen LogP contribution in [0.4, 0.5) is 11.4 Å². The van der Waals surface area contributed by atoms with Gasteiger partial charge in [0.2, 0.25) is 0 Å². The molecule has 0 heterocycles. The highest BCUT2D eigenvalue weighted by atomic mass is 16.5. The predicted octanol–water partition coefficient (Wildman–Crippen LogP) is -0.595. The summed E-state index contributed by atoms with van der Waals surface area (Å²) in [6.07, 6.45) is 0. The number of hydrogen-bond donors (Lipinski definition) is 5. The molecule has 0 aromatic heterocycles. The predicted molar refractivity (Wildman–Crippen MR) is 65.0 cm³/mol. The number of aliphatic hydroxyl groups excluding tert-OH is 3. The number of aliphatic hydroxyl groups is 3. The molecule has 17 heavy (non-hydrogen) atoms. The smallest absolute Gasteiger partial charge is 0.121 e. The van der Waals surface area contributed by atoms with Gasteiger partial charge in [-0.3, -0.25) is 0 Å². The first-order valence-corrected chi connectivity index (χ1v) is 5.15. The van der Waals surface area contributed by atoms with Crippen molar-refractivity contribution >= 4 is 11.4 Å². The number of methoxy groups -OCH3 is 1.